The number of hydrogen-bond acceptors (Lipinski definition) is 4. The maximum atomic E-state index is 13.3. The van der Waals surface area contributed by atoms with E-state index in [4.69, 9.17) is 11.6 Å². The van der Waals surface area contributed by atoms with Gasteiger partial charge in [0.1, 0.15) is 18.8 Å². The number of benzene rings is 1. The van der Waals surface area contributed by atoms with Crippen LogP contribution in [0, 0.1) is 5.82 Å². The molecule has 0 saturated carbocycles. The van der Waals surface area contributed by atoms with Gasteiger partial charge in [-0.2, -0.15) is 5.10 Å². The highest BCUT2D eigenvalue weighted by atomic mass is 35.5. The van der Waals surface area contributed by atoms with Crippen LogP contribution in [0.2, 0.25) is 0 Å². The van der Waals surface area contributed by atoms with Gasteiger partial charge in [0.25, 0.3) is 0 Å². The molecule has 0 fully saturated rings. The number of rotatable bonds is 6. The number of hydrogen-bond donors (Lipinski definition) is 1. The van der Waals surface area contributed by atoms with Gasteiger partial charge in [-0.15, -0.1) is 0 Å². The molecule has 1 aromatic rings. The van der Waals surface area contributed by atoms with E-state index in [1.165, 1.54) is 19.1 Å². The standard InChI is InChI=1S/C18H21ClFN3O/c1-12(13(2)23-10-21-22-11-23)18(19)9-16(14(3)24)7-15-5-4-6-17(20)8-15/h4-6,8-10,13,22H,7,11H2,1-3H3/b16-9+,18-12+. The molecule has 0 bridgehead atoms. The number of allylic oxidation sites excluding steroid dienone is 3. The van der Waals surface area contributed by atoms with Crippen LogP contribution in [-0.4, -0.2) is 29.7 Å². The molecule has 0 saturated heterocycles. The molecule has 128 valence electrons. The molecule has 0 aliphatic carbocycles. The molecule has 0 amide bonds. The highest BCUT2D eigenvalue weighted by Crippen LogP contribution is 2.21. The van der Waals surface area contributed by atoms with Crippen molar-refractivity contribution >= 4 is 23.7 Å². The van der Waals surface area contributed by atoms with Crippen molar-refractivity contribution in [3.63, 3.8) is 0 Å². The third-order valence-corrected chi connectivity index (χ3v) is 4.50. The van der Waals surface area contributed by atoms with Gasteiger partial charge in [-0.1, -0.05) is 23.7 Å². The molecule has 1 aliphatic rings. The second-order valence-electron chi connectivity index (χ2n) is 5.81. The molecular weight excluding hydrogens is 329 g/mol. The predicted octanol–water partition coefficient (Wildman–Crippen LogP) is 3.59. The van der Waals surface area contributed by atoms with Crippen molar-refractivity contribution in [2.75, 3.05) is 6.67 Å². The fourth-order valence-corrected chi connectivity index (χ4v) is 2.66. The van der Waals surface area contributed by atoms with Gasteiger partial charge in [0.2, 0.25) is 0 Å². The van der Waals surface area contributed by atoms with Gasteiger partial charge in [-0.05, 0) is 50.1 Å². The smallest absolute Gasteiger partial charge is 0.156 e. The van der Waals surface area contributed by atoms with E-state index < -0.39 is 0 Å². The van der Waals surface area contributed by atoms with Crippen LogP contribution in [0.1, 0.15) is 26.3 Å². The Morgan fingerprint density at radius 3 is 2.83 bits per heavy atom. The monoisotopic (exact) mass is 349 g/mol. The first-order valence-electron chi connectivity index (χ1n) is 7.72. The van der Waals surface area contributed by atoms with Crippen molar-refractivity contribution in [2.45, 2.75) is 33.2 Å². The van der Waals surface area contributed by atoms with Crippen molar-refractivity contribution in [3.05, 3.63) is 57.9 Å². The van der Waals surface area contributed by atoms with Gasteiger partial charge in [-0.25, -0.2) is 4.39 Å². The fraction of sp³-hybridized carbons (Fsp3) is 0.333. The lowest BCUT2D eigenvalue weighted by Gasteiger charge is -2.23. The highest BCUT2D eigenvalue weighted by Gasteiger charge is 2.17. The number of Topliss-reactive ketones (excluding diaryl/α,β-unsaturated/α-hetero) is 1. The van der Waals surface area contributed by atoms with Gasteiger partial charge in [0, 0.05) is 17.0 Å². The summed E-state index contributed by atoms with van der Waals surface area (Å²) in [5, 5.41) is 4.48. The summed E-state index contributed by atoms with van der Waals surface area (Å²) in [6, 6.07) is 6.28. The molecule has 1 atom stereocenters. The molecular formula is C18H21ClFN3O. The van der Waals surface area contributed by atoms with Crippen LogP contribution in [0.3, 0.4) is 0 Å². The number of ketones is 1. The summed E-state index contributed by atoms with van der Waals surface area (Å²) >= 11 is 6.43. The van der Waals surface area contributed by atoms with E-state index in [2.05, 4.69) is 10.5 Å². The zero-order valence-electron chi connectivity index (χ0n) is 14.0. The van der Waals surface area contributed by atoms with Gasteiger partial charge in [0.05, 0.1) is 6.04 Å². The first-order chi connectivity index (χ1) is 11.4. The number of nitrogens with zero attached hydrogens (tertiary/aromatic N) is 2. The summed E-state index contributed by atoms with van der Waals surface area (Å²) in [4.78, 5) is 13.9. The Labute approximate surface area is 146 Å². The lowest BCUT2D eigenvalue weighted by atomic mass is 10.0. The Balaban J connectivity index is 2.23. The zero-order chi connectivity index (χ0) is 17.7. The molecule has 24 heavy (non-hydrogen) atoms. The molecule has 6 heteroatoms. The molecule has 1 N–H and O–H groups in total. The number of nitrogens with one attached hydrogen (secondary N) is 1. The molecule has 1 heterocycles. The molecule has 2 rings (SSSR count). The Morgan fingerprint density at radius 2 is 2.25 bits per heavy atom. The third kappa shape index (κ3) is 4.68. The van der Waals surface area contributed by atoms with E-state index >= 15 is 0 Å². The quantitative estimate of drug-likeness (QED) is 0.630. The average Bonchev–Trinajstić information content (AvgIpc) is 3.07. The number of carbonyl (C=O) groups excluding carboxylic acids is 1. The summed E-state index contributed by atoms with van der Waals surface area (Å²) in [5.74, 6) is -0.398. The zero-order valence-corrected chi connectivity index (χ0v) is 14.8. The van der Waals surface area contributed by atoms with Crippen LogP contribution in [0.15, 0.2) is 51.6 Å². The summed E-state index contributed by atoms with van der Waals surface area (Å²) in [5.41, 5.74) is 5.09. The lowest BCUT2D eigenvalue weighted by molar-refractivity contribution is -0.113. The SMILES string of the molecule is CC(=O)/C(=C/C(Cl)=C(/C)C(C)N1C=NNC1)Cc1cccc(F)c1. The maximum absolute atomic E-state index is 13.3. The van der Waals surface area contributed by atoms with E-state index in [0.29, 0.717) is 23.7 Å². The minimum absolute atomic E-state index is 0.0508. The molecule has 0 spiro atoms. The van der Waals surface area contributed by atoms with E-state index in [-0.39, 0.29) is 17.6 Å². The highest BCUT2D eigenvalue weighted by molar-refractivity contribution is 6.32. The number of hydrazone groups is 1. The normalized spacial score (nSPS) is 16.7. The van der Waals surface area contributed by atoms with Crippen LogP contribution in [-0.2, 0) is 11.2 Å². The van der Waals surface area contributed by atoms with E-state index in [0.717, 1.165) is 11.1 Å². The maximum Gasteiger partial charge on any atom is 0.156 e. The summed E-state index contributed by atoms with van der Waals surface area (Å²) in [6.45, 7) is 6.06. The minimum Gasteiger partial charge on any atom is -0.336 e. The molecule has 1 unspecified atom stereocenters. The van der Waals surface area contributed by atoms with Crippen molar-refractivity contribution in [3.8, 4) is 0 Å². The summed E-state index contributed by atoms with van der Waals surface area (Å²) in [7, 11) is 0. The Kier molecular flexibility index (Phi) is 6.15. The van der Waals surface area contributed by atoms with Crippen molar-refractivity contribution < 1.29 is 9.18 Å². The van der Waals surface area contributed by atoms with Gasteiger partial charge in [-0.3, -0.25) is 10.2 Å². The van der Waals surface area contributed by atoms with Crippen LogP contribution < -0.4 is 5.43 Å². The summed E-state index contributed by atoms with van der Waals surface area (Å²) in [6.07, 6.45) is 3.75. The van der Waals surface area contributed by atoms with Crippen LogP contribution >= 0.6 is 11.6 Å². The lowest BCUT2D eigenvalue weighted by Crippen LogP contribution is -2.33. The molecule has 0 aromatic heterocycles. The van der Waals surface area contributed by atoms with E-state index in [1.54, 1.807) is 24.5 Å². The molecule has 0 radical (unpaired) electrons. The van der Waals surface area contributed by atoms with Crippen molar-refractivity contribution in [2.24, 2.45) is 5.10 Å². The first kappa shape index (κ1) is 18.2. The van der Waals surface area contributed by atoms with Gasteiger partial charge < -0.3 is 4.90 Å². The summed E-state index contributed by atoms with van der Waals surface area (Å²) < 4.78 is 13.3. The van der Waals surface area contributed by atoms with E-state index in [9.17, 15) is 9.18 Å². The minimum atomic E-state index is -0.317. The van der Waals surface area contributed by atoms with Gasteiger partial charge >= 0.3 is 0 Å². The average molecular weight is 350 g/mol. The molecule has 1 aliphatic heterocycles. The Bertz CT molecular complexity index is 712. The largest absolute Gasteiger partial charge is 0.336 e. The van der Waals surface area contributed by atoms with Crippen molar-refractivity contribution in [1.82, 2.24) is 10.3 Å². The Morgan fingerprint density at radius 1 is 1.50 bits per heavy atom. The van der Waals surface area contributed by atoms with Crippen LogP contribution in [0.4, 0.5) is 4.39 Å². The van der Waals surface area contributed by atoms with Gasteiger partial charge in [0.15, 0.2) is 5.78 Å². The second-order valence-corrected chi connectivity index (χ2v) is 6.22. The fourth-order valence-electron chi connectivity index (χ4n) is 2.37. The topological polar surface area (TPSA) is 44.7 Å². The molecule has 4 nitrogen and oxygen atoms in total. The predicted molar refractivity (Wildman–Crippen MR) is 95.2 cm³/mol. The number of halogens is 2. The molecule has 1 aromatic carbocycles. The number of carbonyl (C=O) groups is 1. The van der Waals surface area contributed by atoms with E-state index in [1.807, 2.05) is 18.7 Å². The third-order valence-electron chi connectivity index (χ3n) is 4.09. The van der Waals surface area contributed by atoms with Crippen molar-refractivity contribution in [1.29, 1.82) is 0 Å². The second kappa shape index (κ2) is 8.11. The van der Waals surface area contributed by atoms with Crippen LogP contribution in [0.25, 0.3) is 0 Å². The van der Waals surface area contributed by atoms with Crippen LogP contribution in [0.5, 0.6) is 0 Å². The first-order valence-corrected chi connectivity index (χ1v) is 8.10. The Hall–Kier alpha value is -2.14.